The first-order valence-electron chi connectivity index (χ1n) is 9.08. The lowest BCUT2D eigenvalue weighted by Gasteiger charge is -2.28. The minimum absolute atomic E-state index is 0.0371. The van der Waals surface area contributed by atoms with Crippen LogP contribution in [-0.2, 0) is 13.3 Å². The Balaban J connectivity index is 2.38. The Labute approximate surface area is 152 Å². The van der Waals surface area contributed by atoms with Crippen molar-refractivity contribution in [3.8, 4) is 0 Å². The topological polar surface area (TPSA) is 68.8 Å². The van der Waals surface area contributed by atoms with Crippen LogP contribution < -0.4 is 10.6 Å². The largest absolute Gasteiger partial charge is 0.500 e. The summed E-state index contributed by atoms with van der Waals surface area (Å²) in [4.78, 5) is 12.0. The van der Waals surface area contributed by atoms with Crippen molar-refractivity contribution in [3.63, 3.8) is 0 Å². The van der Waals surface area contributed by atoms with Crippen LogP contribution in [-0.4, -0.2) is 41.2 Å². The fourth-order valence-electron chi connectivity index (χ4n) is 2.58. The SMILES string of the molecule is CCO[Si](CCCNC(=O)N[C@H](C)c1ccccc1)(OCC)OCC. The molecule has 2 N–H and O–H groups in total. The lowest BCUT2D eigenvalue weighted by molar-refractivity contribution is 0.0708. The second-order valence-electron chi connectivity index (χ2n) is 5.62. The summed E-state index contributed by atoms with van der Waals surface area (Å²) in [6.07, 6.45) is 0.749. The van der Waals surface area contributed by atoms with Crippen LogP contribution in [0.1, 0.15) is 45.7 Å². The Morgan fingerprint density at radius 2 is 1.60 bits per heavy atom. The fraction of sp³-hybridized carbons (Fsp3) is 0.611. The molecule has 0 aliphatic rings. The van der Waals surface area contributed by atoms with Gasteiger partial charge in [0, 0.05) is 32.4 Å². The number of rotatable bonds is 12. The normalized spacial score (nSPS) is 12.6. The average molecular weight is 369 g/mol. The Morgan fingerprint density at radius 3 is 2.12 bits per heavy atom. The molecule has 0 aliphatic carbocycles. The maximum absolute atomic E-state index is 12.0. The predicted octanol–water partition coefficient (Wildman–Crippen LogP) is 3.49. The third kappa shape index (κ3) is 8.00. The van der Waals surface area contributed by atoms with Gasteiger partial charge in [-0.05, 0) is 39.7 Å². The summed E-state index contributed by atoms with van der Waals surface area (Å²) in [7, 11) is -2.62. The first-order valence-corrected chi connectivity index (χ1v) is 11.0. The van der Waals surface area contributed by atoms with Gasteiger partial charge in [0.05, 0.1) is 6.04 Å². The molecule has 0 heterocycles. The molecule has 1 aromatic rings. The summed E-state index contributed by atoms with van der Waals surface area (Å²) in [6.45, 7) is 10.0. The number of nitrogens with one attached hydrogen (secondary N) is 2. The quantitative estimate of drug-likeness (QED) is 0.438. The summed E-state index contributed by atoms with van der Waals surface area (Å²) >= 11 is 0. The zero-order valence-corrected chi connectivity index (χ0v) is 16.8. The second kappa shape index (κ2) is 12.0. The molecule has 0 spiro atoms. The maximum atomic E-state index is 12.0. The van der Waals surface area contributed by atoms with Crippen molar-refractivity contribution in [1.29, 1.82) is 0 Å². The van der Waals surface area contributed by atoms with Gasteiger partial charge in [-0.25, -0.2) is 4.79 Å². The van der Waals surface area contributed by atoms with E-state index in [9.17, 15) is 4.79 Å². The highest BCUT2D eigenvalue weighted by molar-refractivity contribution is 6.60. The van der Waals surface area contributed by atoms with E-state index in [-0.39, 0.29) is 12.1 Å². The van der Waals surface area contributed by atoms with E-state index < -0.39 is 8.80 Å². The van der Waals surface area contributed by atoms with E-state index in [2.05, 4.69) is 10.6 Å². The Bertz CT molecular complexity index is 470. The molecule has 0 aromatic heterocycles. The summed E-state index contributed by atoms with van der Waals surface area (Å²) < 4.78 is 17.4. The van der Waals surface area contributed by atoms with Gasteiger partial charge >= 0.3 is 14.8 Å². The molecule has 0 fully saturated rings. The number of hydrogen-bond acceptors (Lipinski definition) is 4. The zero-order valence-electron chi connectivity index (χ0n) is 15.8. The average Bonchev–Trinajstić information content (AvgIpc) is 2.60. The summed E-state index contributed by atoms with van der Waals surface area (Å²) in [5.41, 5.74) is 1.08. The molecule has 7 heteroatoms. The van der Waals surface area contributed by atoms with Crippen molar-refractivity contribution < 1.29 is 18.1 Å². The Hall–Kier alpha value is -1.41. The lowest BCUT2D eigenvalue weighted by Crippen LogP contribution is -2.46. The van der Waals surface area contributed by atoms with Gasteiger partial charge in [0.1, 0.15) is 0 Å². The van der Waals surface area contributed by atoms with Crippen molar-refractivity contribution in [2.24, 2.45) is 0 Å². The van der Waals surface area contributed by atoms with Crippen LogP contribution in [0.5, 0.6) is 0 Å². The third-order valence-corrected chi connectivity index (χ3v) is 6.84. The van der Waals surface area contributed by atoms with E-state index in [0.717, 1.165) is 12.0 Å². The van der Waals surface area contributed by atoms with Gasteiger partial charge in [-0.1, -0.05) is 30.3 Å². The van der Waals surface area contributed by atoms with Gasteiger partial charge in [-0.3, -0.25) is 0 Å². The number of carbonyl (C=O) groups is 1. The summed E-state index contributed by atoms with van der Waals surface area (Å²) in [5, 5.41) is 5.82. The third-order valence-electron chi connectivity index (χ3n) is 3.69. The minimum Gasteiger partial charge on any atom is -0.374 e. The van der Waals surface area contributed by atoms with E-state index >= 15 is 0 Å². The van der Waals surface area contributed by atoms with Crippen molar-refractivity contribution in [2.75, 3.05) is 26.4 Å². The van der Waals surface area contributed by atoms with Crippen LogP contribution in [0.4, 0.5) is 4.79 Å². The molecule has 0 unspecified atom stereocenters. The molecule has 142 valence electrons. The molecule has 1 rings (SSSR count). The highest BCUT2D eigenvalue weighted by Gasteiger charge is 2.39. The monoisotopic (exact) mass is 368 g/mol. The van der Waals surface area contributed by atoms with E-state index in [0.29, 0.717) is 32.4 Å². The van der Waals surface area contributed by atoms with E-state index in [1.54, 1.807) is 0 Å². The van der Waals surface area contributed by atoms with Gasteiger partial charge in [-0.2, -0.15) is 0 Å². The zero-order chi connectivity index (χ0) is 18.5. The minimum atomic E-state index is -2.62. The van der Waals surface area contributed by atoms with Crippen molar-refractivity contribution >= 4 is 14.8 Å². The number of amides is 2. The number of hydrogen-bond donors (Lipinski definition) is 2. The van der Waals surface area contributed by atoms with Crippen LogP contribution in [0, 0.1) is 0 Å². The molecule has 1 atom stereocenters. The molecule has 0 aliphatic heterocycles. The van der Waals surface area contributed by atoms with Crippen molar-refractivity contribution in [3.05, 3.63) is 35.9 Å². The highest BCUT2D eigenvalue weighted by atomic mass is 28.4. The van der Waals surface area contributed by atoms with Crippen LogP contribution in [0.2, 0.25) is 6.04 Å². The van der Waals surface area contributed by atoms with E-state index in [4.69, 9.17) is 13.3 Å². The van der Waals surface area contributed by atoms with E-state index in [1.165, 1.54) is 0 Å². The summed E-state index contributed by atoms with van der Waals surface area (Å²) in [5.74, 6) is 0. The van der Waals surface area contributed by atoms with Crippen LogP contribution >= 0.6 is 0 Å². The smallest absolute Gasteiger partial charge is 0.374 e. The Morgan fingerprint density at radius 1 is 1.04 bits per heavy atom. The van der Waals surface area contributed by atoms with Crippen LogP contribution in [0.3, 0.4) is 0 Å². The lowest BCUT2D eigenvalue weighted by atomic mass is 10.1. The van der Waals surface area contributed by atoms with Crippen LogP contribution in [0.15, 0.2) is 30.3 Å². The van der Waals surface area contributed by atoms with Gasteiger partial charge in [0.2, 0.25) is 0 Å². The molecule has 2 amide bonds. The molecular weight excluding hydrogens is 336 g/mol. The highest BCUT2D eigenvalue weighted by Crippen LogP contribution is 2.17. The van der Waals surface area contributed by atoms with Gasteiger partial charge in [-0.15, -0.1) is 0 Å². The molecule has 6 nitrogen and oxygen atoms in total. The predicted molar refractivity (Wildman–Crippen MR) is 101 cm³/mol. The van der Waals surface area contributed by atoms with Gasteiger partial charge in [0.15, 0.2) is 0 Å². The van der Waals surface area contributed by atoms with Gasteiger partial charge < -0.3 is 23.9 Å². The number of carbonyl (C=O) groups excluding carboxylic acids is 1. The molecule has 0 saturated heterocycles. The standard InChI is InChI=1S/C18H32N2O4Si/c1-5-22-25(23-6-2,24-7-3)15-11-14-19-18(21)20-16(4)17-12-9-8-10-13-17/h8-10,12-13,16H,5-7,11,14-15H2,1-4H3,(H2,19,20,21)/t16-/m1/s1. The molecule has 0 radical (unpaired) electrons. The summed E-state index contributed by atoms with van der Waals surface area (Å²) in [6, 6.07) is 10.4. The van der Waals surface area contributed by atoms with E-state index in [1.807, 2.05) is 58.0 Å². The molecule has 1 aromatic carbocycles. The first kappa shape index (κ1) is 21.6. The van der Waals surface area contributed by atoms with Gasteiger partial charge in [0.25, 0.3) is 0 Å². The molecule has 25 heavy (non-hydrogen) atoms. The van der Waals surface area contributed by atoms with Crippen molar-refractivity contribution in [1.82, 2.24) is 10.6 Å². The molecule has 0 bridgehead atoms. The van der Waals surface area contributed by atoms with Crippen LogP contribution in [0.25, 0.3) is 0 Å². The maximum Gasteiger partial charge on any atom is 0.500 e. The number of urea groups is 1. The second-order valence-corrected chi connectivity index (χ2v) is 8.35. The Kier molecular flexibility index (Phi) is 10.4. The first-order chi connectivity index (χ1) is 12.1. The fourth-order valence-corrected chi connectivity index (χ4v) is 5.19. The number of benzene rings is 1. The molecular formula is C18H32N2O4Si. The molecule has 0 saturated carbocycles. The van der Waals surface area contributed by atoms with Crippen molar-refractivity contribution in [2.45, 2.75) is 46.2 Å².